The molecule has 0 aliphatic carbocycles. The van der Waals surface area contributed by atoms with Crippen molar-refractivity contribution in [2.24, 2.45) is 0 Å². The fraction of sp³-hybridized carbons (Fsp3) is 0.459. The maximum absolute atomic E-state index is 14.1. The number of anilines is 2. The molecule has 0 spiro atoms. The Balaban J connectivity index is 1.10. The zero-order valence-corrected chi connectivity index (χ0v) is 30.7. The Labute approximate surface area is 305 Å². The van der Waals surface area contributed by atoms with Gasteiger partial charge in [0.15, 0.2) is 11.6 Å². The largest absolute Gasteiger partial charge is 0.488 e. The zero-order valence-electron chi connectivity index (χ0n) is 29.8. The van der Waals surface area contributed by atoms with Crippen LogP contribution < -0.4 is 20.7 Å². The Morgan fingerprint density at radius 2 is 1.88 bits per heavy atom. The van der Waals surface area contributed by atoms with Crippen LogP contribution in [0.3, 0.4) is 0 Å². The highest BCUT2D eigenvalue weighted by atomic mass is 32.1. The van der Waals surface area contributed by atoms with Crippen LogP contribution in [0.2, 0.25) is 0 Å². The number of fused-ring (bicyclic) bond motifs is 2. The predicted molar refractivity (Wildman–Crippen MR) is 198 cm³/mol. The third kappa shape index (κ3) is 7.07. The summed E-state index contributed by atoms with van der Waals surface area (Å²) in [6.07, 6.45) is 5.69. The van der Waals surface area contributed by atoms with Crippen LogP contribution >= 0.6 is 11.3 Å². The molecule has 14 nitrogen and oxygen atoms in total. The quantitative estimate of drug-likeness (QED) is 0.281. The fourth-order valence-corrected chi connectivity index (χ4v) is 8.14. The summed E-state index contributed by atoms with van der Waals surface area (Å²) in [6, 6.07) is 9.45. The normalized spacial score (nSPS) is 18.4. The molecule has 3 amide bonds. The van der Waals surface area contributed by atoms with Crippen molar-refractivity contribution < 1.29 is 23.9 Å². The summed E-state index contributed by atoms with van der Waals surface area (Å²) in [7, 11) is 0. The molecule has 15 heteroatoms. The number of piperidine rings is 2. The van der Waals surface area contributed by atoms with Crippen LogP contribution in [-0.4, -0.2) is 99.3 Å². The molecule has 272 valence electrons. The molecule has 2 saturated heterocycles. The Morgan fingerprint density at radius 3 is 2.60 bits per heavy atom. The number of likely N-dealkylation sites (tertiary alicyclic amines) is 1. The van der Waals surface area contributed by atoms with Gasteiger partial charge in [-0.3, -0.25) is 9.59 Å². The molecule has 0 radical (unpaired) electrons. The molecule has 4 aromatic rings. The number of nitriles is 1. The van der Waals surface area contributed by atoms with E-state index in [9.17, 15) is 19.6 Å². The van der Waals surface area contributed by atoms with Gasteiger partial charge in [-0.05, 0) is 63.5 Å². The summed E-state index contributed by atoms with van der Waals surface area (Å²) < 4.78 is 14.8. The summed E-state index contributed by atoms with van der Waals surface area (Å²) >= 11 is 1.35. The van der Waals surface area contributed by atoms with Gasteiger partial charge in [0.05, 0.1) is 23.0 Å². The molecule has 1 aromatic carbocycles. The number of benzene rings is 1. The maximum Gasteiger partial charge on any atom is 0.410 e. The molecule has 3 aromatic heterocycles. The SMILES string of the molecule is CC(=O)N1CC=C(c2cc(N3CCC[C@@H](NC(=O)c4sc5ccc(C#N)cc5c4OC4CCN(C(=O)OC(C)(C)C)CC4)C3)c3c(N)ncnn23)C1. The second-order valence-corrected chi connectivity index (χ2v) is 15.6. The maximum atomic E-state index is 14.1. The van der Waals surface area contributed by atoms with E-state index in [4.69, 9.17) is 15.2 Å². The highest BCUT2D eigenvalue weighted by molar-refractivity contribution is 7.21. The molecule has 3 N–H and O–H groups in total. The average Bonchev–Trinajstić information content (AvgIpc) is 3.84. The van der Waals surface area contributed by atoms with E-state index in [2.05, 4.69) is 32.4 Å². The highest BCUT2D eigenvalue weighted by Crippen LogP contribution is 2.40. The number of carbonyl (C=O) groups excluding carboxylic acids is 3. The summed E-state index contributed by atoms with van der Waals surface area (Å²) in [5.74, 6) is 0.594. The fourth-order valence-electron chi connectivity index (χ4n) is 7.12. The first kappa shape index (κ1) is 35.1. The molecule has 2 fully saturated rings. The van der Waals surface area contributed by atoms with Crippen molar-refractivity contribution in [3.8, 4) is 11.8 Å². The molecule has 3 aliphatic heterocycles. The number of nitrogen functional groups attached to an aromatic ring is 1. The highest BCUT2D eigenvalue weighted by Gasteiger charge is 2.32. The number of aromatic nitrogens is 3. The first-order chi connectivity index (χ1) is 24.9. The lowest BCUT2D eigenvalue weighted by atomic mass is 10.0. The van der Waals surface area contributed by atoms with Crippen molar-refractivity contribution in [1.82, 2.24) is 29.7 Å². The molecular formula is C37H43N9O5S. The molecule has 3 aliphatic rings. The van der Waals surface area contributed by atoms with Crippen LogP contribution in [0.4, 0.5) is 16.3 Å². The second kappa shape index (κ2) is 14.0. The Hall–Kier alpha value is -5.36. The average molecular weight is 726 g/mol. The van der Waals surface area contributed by atoms with Gasteiger partial charge in [-0.1, -0.05) is 6.08 Å². The third-order valence-corrected chi connectivity index (χ3v) is 10.9. The van der Waals surface area contributed by atoms with Gasteiger partial charge in [-0.25, -0.2) is 14.3 Å². The number of hydrogen-bond donors (Lipinski definition) is 2. The van der Waals surface area contributed by atoms with E-state index in [-0.39, 0.29) is 30.1 Å². The number of rotatable bonds is 6. The molecule has 0 bridgehead atoms. The Kier molecular flexibility index (Phi) is 9.43. The minimum atomic E-state index is -0.580. The van der Waals surface area contributed by atoms with Crippen molar-refractivity contribution in [3.05, 3.63) is 52.8 Å². The van der Waals surface area contributed by atoms with E-state index >= 15 is 0 Å². The van der Waals surface area contributed by atoms with Crippen LogP contribution in [0, 0.1) is 11.3 Å². The van der Waals surface area contributed by atoms with Crippen molar-refractivity contribution >= 4 is 61.9 Å². The standard InChI is InChI=1S/C37H43N9O5S/c1-22(47)44-13-9-24(19-44)28-17-29(31-34(39)40-21-41-46(28)31)45-12-5-6-25(20-45)42-35(48)33-32(27-16-23(18-38)7-8-30(27)52-33)50-26-10-14-43(15-11-26)36(49)51-37(2,3)4/h7-9,16-17,21,25-26H,5-6,10-15,19-20H2,1-4H3,(H,42,48)(H2,39,40,41)/t25-/m1/s1. The van der Waals surface area contributed by atoms with Crippen LogP contribution in [0.25, 0.3) is 21.2 Å². The van der Waals surface area contributed by atoms with E-state index in [1.165, 1.54) is 17.7 Å². The van der Waals surface area contributed by atoms with E-state index in [0.29, 0.717) is 73.1 Å². The van der Waals surface area contributed by atoms with Gasteiger partial charge in [0, 0.05) is 75.2 Å². The molecular weight excluding hydrogens is 683 g/mol. The first-order valence-electron chi connectivity index (χ1n) is 17.6. The van der Waals surface area contributed by atoms with Crippen molar-refractivity contribution in [2.75, 3.05) is 49.9 Å². The van der Waals surface area contributed by atoms with E-state index in [0.717, 1.165) is 46.4 Å². The summed E-state index contributed by atoms with van der Waals surface area (Å²) in [5, 5.41) is 18.2. The van der Waals surface area contributed by atoms with E-state index in [1.807, 2.05) is 32.9 Å². The van der Waals surface area contributed by atoms with Gasteiger partial charge < -0.3 is 35.2 Å². The molecule has 0 unspecified atom stereocenters. The molecule has 6 heterocycles. The van der Waals surface area contributed by atoms with Crippen molar-refractivity contribution in [1.29, 1.82) is 5.26 Å². The minimum absolute atomic E-state index is 0.0115. The predicted octanol–water partition coefficient (Wildman–Crippen LogP) is 4.82. The zero-order chi connectivity index (χ0) is 36.7. The molecule has 0 saturated carbocycles. The summed E-state index contributed by atoms with van der Waals surface area (Å²) in [5.41, 5.74) is 9.75. The van der Waals surface area contributed by atoms with Crippen molar-refractivity contribution in [3.63, 3.8) is 0 Å². The van der Waals surface area contributed by atoms with Crippen LogP contribution in [0.15, 0.2) is 36.7 Å². The molecule has 7 rings (SSSR count). The van der Waals surface area contributed by atoms with Crippen LogP contribution in [0.1, 0.15) is 74.3 Å². The summed E-state index contributed by atoms with van der Waals surface area (Å²) in [6.45, 7) is 10.4. The number of thiophene rings is 1. The minimum Gasteiger partial charge on any atom is -0.488 e. The van der Waals surface area contributed by atoms with Crippen molar-refractivity contribution in [2.45, 2.75) is 71.1 Å². The van der Waals surface area contributed by atoms with E-state index < -0.39 is 5.60 Å². The smallest absolute Gasteiger partial charge is 0.410 e. The lowest BCUT2D eigenvalue weighted by molar-refractivity contribution is -0.127. The van der Waals surface area contributed by atoms with Gasteiger partial charge in [0.1, 0.15) is 28.4 Å². The van der Waals surface area contributed by atoms with E-state index in [1.54, 1.807) is 33.4 Å². The topological polar surface area (TPSA) is 171 Å². The van der Waals surface area contributed by atoms with Gasteiger partial charge in [-0.15, -0.1) is 11.3 Å². The Morgan fingerprint density at radius 1 is 1.10 bits per heavy atom. The third-order valence-electron chi connectivity index (χ3n) is 9.71. The molecule has 52 heavy (non-hydrogen) atoms. The lowest BCUT2D eigenvalue weighted by Crippen LogP contribution is -2.47. The van der Waals surface area contributed by atoms with Gasteiger partial charge in [0.25, 0.3) is 5.91 Å². The van der Waals surface area contributed by atoms with Crippen LogP contribution in [0.5, 0.6) is 5.75 Å². The number of nitrogens with one attached hydrogen (secondary N) is 1. The van der Waals surface area contributed by atoms with Gasteiger partial charge >= 0.3 is 6.09 Å². The first-order valence-corrected chi connectivity index (χ1v) is 18.4. The number of amides is 3. The molecule has 1 atom stereocenters. The number of hydrogen-bond acceptors (Lipinski definition) is 11. The second-order valence-electron chi connectivity index (χ2n) is 14.6. The Bertz CT molecular complexity index is 2120. The number of nitrogens with zero attached hydrogens (tertiary/aromatic N) is 7. The lowest BCUT2D eigenvalue weighted by Gasteiger charge is -2.34. The van der Waals surface area contributed by atoms with Crippen LogP contribution in [-0.2, 0) is 9.53 Å². The summed E-state index contributed by atoms with van der Waals surface area (Å²) in [4.78, 5) is 49.2. The number of nitrogens with two attached hydrogens (primary N) is 1. The van der Waals surface area contributed by atoms with Gasteiger partial charge in [0.2, 0.25) is 5.91 Å². The monoisotopic (exact) mass is 725 g/mol. The number of carbonyl (C=O) groups is 3. The van der Waals surface area contributed by atoms with Gasteiger partial charge in [-0.2, -0.15) is 10.4 Å². The number of ether oxygens (including phenoxy) is 2.